The molecule has 0 unspecified atom stereocenters. The minimum absolute atomic E-state index is 0.302. The number of hydrogen-bond donors (Lipinski definition) is 0. The third-order valence-electron chi connectivity index (χ3n) is 3.14. The van der Waals surface area contributed by atoms with Crippen molar-refractivity contribution < 1.29 is 13.9 Å². The Morgan fingerprint density at radius 2 is 2.05 bits per heavy atom. The molecule has 2 aromatic carbocycles. The average molecular weight is 313 g/mol. The van der Waals surface area contributed by atoms with E-state index in [1.54, 1.807) is 24.3 Å². The van der Waals surface area contributed by atoms with Crippen LogP contribution >= 0.6 is 11.3 Å². The first kappa shape index (κ1) is 14.4. The van der Waals surface area contributed by atoms with Crippen LogP contribution in [-0.2, 0) is 4.74 Å². The van der Waals surface area contributed by atoms with Crippen LogP contribution in [0.4, 0.5) is 4.39 Å². The minimum Gasteiger partial charge on any atom is -0.465 e. The summed E-state index contributed by atoms with van der Waals surface area (Å²) in [6.07, 6.45) is 3.62. The molecule has 110 valence electrons. The first-order chi connectivity index (χ1) is 10.7. The third-order valence-corrected chi connectivity index (χ3v) is 4.14. The number of thiazole rings is 1. The van der Waals surface area contributed by atoms with Crippen molar-refractivity contribution in [3.63, 3.8) is 0 Å². The van der Waals surface area contributed by atoms with Gasteiger partial charge in [0.1, 0.15) is 10.8 Å². The molecule has 0 atom stereocenters. The summed E-state index contributed by atoms with van der Waals surface area (Å²) in [6, 6.07) is 11.7. The summed E-state index contributed by atoms with van der Waals surface area (Å²) in [5.74, 6) is -0.684. The van der Waals surface area contributed by atoms with Gasteiger partial charge < -0.3 is 4.74 Å². The predicted octanol–water partition coefficient (Wildman–Crippen LogP) is 4.39. The van der Waals surface area contributed by atoms with Gasteiger partial charge >= 0.3 is 5.97 Å². The van der Waals surface area contributed by atoms with Crippen LogP contribution in [0.1, 0.15) is 20.9 Å². The van der Waals surface area contributed by atoms with E-state index >= 15 is 0 Å². The Kier molecular flexibility index (Phi) is 3.98. The summed E-state index contributed by atoms with van der Waals surface area (Å²) in [6.45, 7) is 0. The lowest BCUT2D eigenvalue weighted by molar-refractivity contribution is 0.0600. The lowest BCUT2D eigenvalue weighted by Gasteiger charge is -2.02. The quantitative estimate of drug-likeness (QED) is 0.673. The van der Waals surface area contributed by atoms with E-state index in [0.717, 1.165) is 15.3 Å². The average Bonchev–Trinajstić information content (AvgIpc) is 2.94. The fraction of sp³-hybridized carbons (Fsp3) is 0.0588. The van der Waals surface area contributed by atoms with Gasteiger partial charge in [-0.2, -0.15) is 0 Å². The summed E-state index contributed by atoms with van der Waals surface area (Å²) in [4.78, 5) is 16.1. The number of fused-ring (bicyclic) bond motifs is 1. The molecule has 5 heteroatoms. The predicted molar refractivity (Wildman–Crippen MR) is 86.3 cm³/mol. The number of rotatable bonds is 3. The molecule has 0 radical (unpaired) electrons. The van der Waals surface area contributed by atoms with Crippen LogP contribution in [0.2, 0.25) is 0 Å². The molecule has 1 aromatic heterocycles. The van der Waals surface area contributed by atoms with Crippen molar-refractivity contribution in [1.29, 1.82) is 0 Å². The van der Waals surface area contributed by atoms with Gasteiger partial charge in [0.15, 0.2) is 0 Å². The summed E-state index contributed by atoms with van der Waals surface area (Å²) in [7, 11) is 1.35. The summed E-state index contributed by atoms with van der Waals surface area (Å²) in [5.41, 5.74) is 1.87. The molecule has 3 rings (SSSR count). The Hall–Kier alpha value is -2.53. The molecule has 1 heterocycles. The monoisotopic (exact) mass is 313 g/mol. The second kappa shape index (κ2) is 6.07. The third kappa shape index (κ3) is 2.89. The molecule has 22 heavy (non-hydrogen) atoms. The van der Waals surface area contributed by atoms with Crippen LogP contribution in [0.25, 0.3) is 22.4 Å². The summed E-state index contributed by atoms with van der Waals surface area (Å²) in [5, 5.41) is 0.750. The second-order valence-corrected chi connectivity index (χ2v) is 5.64. The van der Waals surface area contributed by atoms with Crippen LogP contribution in [0.5, 0.6) is 0 Å². The molecule has 0 spiro atoms. The Morgan fingerprint density at radius 1 is 1.23 bits per heavy atom. The Labute approximate surface area is 130 Å². The number of esters is 1. The molecular formula is C17H12FNO2S. The van der Waals surface area contributed by atoms with Crippen molar-refractivity contribution >= 4 is 39.7 Å². The number of methoxy groups -OCH3 is 1. The van der Waals surface area contributed by atoms with Crippen molar-refractivity contribution in [3.8, 4) is 0 Å². The van der Waals surface area contributed by atoms with E-state index in [2.05, 4.69) is 4.98 Å². The number of halogens is 1. The van der Waals surface area contributed by atoms with E-state index in [0.29, 0.717) is 11.1 Å². The molecule has 0 aliphatic carbocycles. The van der Waals surface area contributed by atoms with Crippen LogP contribution in [0.3, 0.4) is 0 Å². The fourth-order valence-corrected chi connectivity index (χ4v) is 2.94. The molecule has 0 amide bonds. The molecule has 0 aliphatic rings. The van der Waals surface area contributed by atoms with E-state index in [-0.39, 0.29) is 11.8 Å². The van der Waals surface area contributed by atoms with Gasteiger partial charge in [0.05, 0.1) is 22.9 Å². The molecule has 0 saturated carbocycles. The highest BCUT2D eigenvalue weighted by Crippen LogP contribution is 2.24. The van der Waals surface area contributed by atoms with Crippen molar-refractivity contribution in [2.24, 2.45) is 0 Å². The highest BCUT2D eigenvalue weighted by Gasteiger charge is 2.09. The van der Waals surface area contributed by atoms with Gasteiger partial charge in [0.2, 0.25) is 0 Å². The van der Waals surface area contributed by atoms with Gasteiger partial charge in [-0.1, -0.05) is 24.3 Å². The van der Waals surface area contributed by atoms with E-state index in [4.69, 9.17) is 4.74 Å². The number of benzene rings is 2. The maximum Gasteiger partial charge on any atom is 0.338 e. The Morgan fingerprint density at radius 3 is 2.86 bits per heavy atom. The maximum absolute atomic E-state index is 13.2. The zero-order chi connectivity index (χ0) is 15.5. The van der Waals surface area contributed by atoms with Crippen molar-refractivity contribution in [1.82, 2.24) is 4.98 Å². The highest BCUT2D eigenvalue weighted by molar-refractivity contribution is 7.19. The zero-order valence-electron chi connectivity index (χ0n) is 11.7. The normalized spacial score (nSPS) is 11.2. The lowest BCUT2D eigenvalue weighted by Crippen LogP contribution is -2.02. The van der Waals surface area contributed by atoms with E-state index < -0.39 is 0 Å². The Bertz CT molecular complexity index is 870. The first-order valence-corrected chi connectivity index (χ1v) is 7.40. The van der Waals surface area contributed by atoms with Crippen LogP contribution in [0, 0.1) is 5.82 Å². The molecular weight excluding hydrogens is 301 g/mol. The largest absolute Gasteiger partial charge is 0.465 e. The topological polar surface area (TPSA) is 39.2 Å². The van der Waals surface area contributed by atoms with Crippen LogP contribution in [-0.4, -0.2) is 18.1 Å². The van der Waals surface area contributed by atoms with Crippen LogP contribution < -0.4 is 0 Å². The van der Waals surface area contributed by atoms with E-state index in [1.807, 2.05) is 18.2 Å². The zero-order valence-corrected chi connectivity index (χ0v) is 12.6. The van der Waals surface area contributed by atoms with Gasteiger partial charge in [-0.15, -0.1) is 11.3 Å². The van der Waals surface area contributed by atoms with E-state index in [1.165, 1.54) is 30.6 Å². The van der Waals surface area contributed by atoms with Crippen molar-refractivity contribution in [2.75, 3.05) is 7.11 Å². The van der Waals surface area contributed by atoms with Gasteiger partial charge in [-0.05, 0) is 29.8 Å². The Balaban J connectivity index is 1.94. The van der Waals surface area contributed by atoms with Gasteiger partial charge in [0, 0.05) is 6.07 Å². The molecule has 0 N–H and O–H groups in total. The van der Waals surface area contributed by atoms with Crippen molar-refractivity contribution in [2.45, 2.75) is 0 Å². The number of carbonyl (C=O) groups excluding carboxylic acids is 1. The number of ether oxygens (including phenoxy) is 1. The first-order valence-electron chi connectivity index (χ1n) is 6.59. The molecule has 3 nitrogen and oxygen atoms in total. The van der Waals surface area contributed by atoms with Gasteiger partial charge in [-0.3, -0.25) is 0 Å². The number of carbonyl (C=O) groups is 1. The van der Waals surface area contributed by atoms with Crippen LogP contribution in [0.15, 0.2) is 42.5 Å². The maximum atomic E-state index is 13.2. The second-order valence-electron chi connectivity index (χ2n) is 4.58. The summed E-state index contributed by atoms with van der Waals surface area (Å²) < 4.78 is 18.9. The molecule has 0 bridgehead atoms. The standard InChI is InChI=1S/C17H12FNO2S/c1-21-17(20)13-5-3-2-4-11(13)6-9-16-19-14-10-12(18)7-8-15(14)22-16/h2-10H,1H3. The number of nitrogens with zero attached hydrogens (tertiary/aromatic N) is 1. The van der Waals surface area contributed by atoms with E-state index in [9.17, 15) is 9.18 Å². The molecule has 3 aromatic rings. The molecule has 0 fully saturated rings. The molecule has 0 saturated heterocycles. The SMILES string of the molecule is COC(=O)c1ccccc1C=Cc1nc2cc(F)ccc2s1. The van der Waals surface area contributed by atoms with Gasteiger partial charge in [-0.25, -0.2) is 14.2 Å². The lowest BCUT2D eigenvalue weighted by atomic mass is 10.1. The fourth-order valence-electron chi connectivity index (χ4n) is 2.09. The number of aromatic nitrogens is 1. The molecule has 0 aliphatic heterocycles. The smallest absolute Gasteiger partial charge is 0.338 e. The van der Waals surface area contributed by atoms with Crippen molar-refractivity contribution in [3.05, 3.63) is 64.4 Å². The highest BCUT2D eigenvalue weighted by atomic mass is 32.1. The number of hydrogen-bond acceptors (Lipinski definition) is 4. The minimum atomic E-state index is -0.383. The van der Waals surface area contributed by atoms with Gasteiger partial charge in [0.25, 0.3) is 0 Å². The summed E-state index contributed by atoms with van der Waals surface area (Å²) >= 11 is 1.46.